The van der Waals surface area contributed by atoms with Crippen LogP contribution in [0.15, 0.2) is 0 Å². The van der Waals surface area contributed by atoms with E-state index >= 15 is 0 Å². The first kappa shape index (κ1) is 13.9. The number of carboxylic acids is 1. The van der Waals surface area contributed by atoms with E-state index in [4.69, 9.17) is 5.11 Å². The Morgan fingerprint density at radius 1 is 1.33 bits per heavy atom. The lowest BCUT2D eigenvalue weighted by Crippen LogP contribution is -2.30. The van der Waals surface area contributed by atoms with E-state index in [1.54, 1.807) is 11.8 Å². The van der Waals surface area contributed by atoms with Crippen molar-refractivity contribution in [3.05, 3.63) is 22.5 Å². The van der Waals surface area contributed by atoms with Crippen LogP contribution in [-0.4, -0.2) is 45.7 Å². The van der Waals surface area contributed by atoms with Crippen LogP contribution in [0.1, 0.15) is 51.4 Å². The zero-order valence-electron chi connectivity index (χ0n) is 11.9. The highest BCUT2D eigenvalue weighted by Gasteiger charge is 2.34. The first-order chi connectivity index (χ1) is 9.99. The number of nitrogens with one attached hydrogen (secondary N) is 1. The van der Waals surface area contributed by atoms with Crippen molar-refractivity contribution in [2.24, 2.45) is 5.92 Å². The fourth-order valence-electron chi connectivity index (χ4n) is 3.29. The predicted octanol–water partition coefficient (Wildman–Crippen LogP) is 1.39. The molecule has 1 fully saturated rings. The number of likely N-dealkylation sites (tertiary alicyclic amines) is 1. The molecule has 1 aliphatic carbocycles. The van der Waals surface area contributed by atoms with Crippen LogP contribution in [0.2, 0.25) is 0 Å². The van der Waals surface area contributed by atoms with Gasteiger partial charge in [0.15, 0.2) is 5.78 Å². The molecular weight excluding hydrogens is 272 g/mol. The number of Topliss-reactive ketones (excluding diaryl/α,β-unsaturated/α-hetero) is 1. The summed E-state index contributed by atoms with van der Waals surface area (Å²) < 4.78 is 0. The average Bonchev–Trinajstić information content (AvgIpc) is 3.04. The Balaban J connectivity index is 1.86. The summed E-state index contributed by atoms with van der Waals surface area (Å²) in [5, 5.41) is 9.01. The molecule has 0 spiro atoms. The second-order valence-corrected chi connectivity index (χ2v) is 5.83. The summed E-state index contributed by atoms with van der Waals surface area (Å²) in [6, 6.07) is 0. The number of aromatic nitrogens is 1. The van der Waals surface area contributed by atoms with Crippen molar-refractivity contribution in [3.63, 3.8) is 0 Å². The van der Waals surface area contributed by atoms with Crippen molar-refractivity contribution in [2.75, 3.05) is 13.1 Å². The minimum Gasteiger partial charge on any atom is -0.481 e. The van der Waals surface area contributed by atoms with Gasteiger partial charge in [0.25, 0.3) is 5.91 Å². The van der Waals surface area contributed by atoms with Crippen molar-refractivity contribution in [1.82, 2.24) is 9.88 Å². The molecule has 2 heterocycles. The van der Waals surface area contributed by atoms with Gasteiger partial charge in [-0.05, 0) is 31.7 Å². The highest BCUT2D eigenvalue weighted by atomic mass is 16.4. The lowest BCUT2D eigenvalue weighted by Gasteiger charge is -2.15. The number of nitrogens with zero attached hydrogens (tertiary/aromatic N) is 1. The van der Waals surface area contributed by atoms with Gasteiger partial charge in [0.1, 0.15) is 5.69 Å². The van der Waals surface area contributed by atoms with E-state index in [0.29, 0.717) is 36.2 Å². The van der Waals surface area contributed by atoms with Crippen LogP contribution < -0.4 is 0 Å². The molecule has 112 valence electrons. The van der Waals surface area contributed by atoms with Gasteiger partial charge >= 0.3 is 5.97 Å². The van der Waals surface area contributed by atoms with Crippen molar-refractivity contribution in [1.29, 1.82) is 0 Å². The highest BCUT2D eigenvalue weighted by molar-refractivity contribution is 6.04. The number of rotatable bonds is 2. The van der Waals surface area contributed by atoms with E-state index in [0.717, 1.165) is 18.5 Å². The number of carbonyl (C=O) groups excluding carboxylic acids is 2. The SMILES string of the molecule is Cc1c(C(=O)N2CCC(C(=O)O)C2)[nH]c2c1C(=O)CCC2. The molecule has 1 unspecified atom stereocenters. The third-order valence-corrected chi connectivity index (χ3v) is 4.48. The number of amides is 1. The molecule has 0 radical (unpaired) electrons. The van der Waals surface area contributed by atoms with E-state index in [-0.39, 0.29) is 18.2 Å². The van der Waals surface area contributed by atoms with Crippen LogP contribution >= 0.6 is 0 Å². The summed E-state index contributed by atoms with van der Waals surface area (Å²) in [5.74, 6) is -1.45. The number of hydrogen-bond acceptors (Lipinski definition) is 3. The normalized spacial score (nSPS) is 21.5. The molecule has 2 aliphatic rings. The number of hydrogen-bond donors (Lipinski definition) is 2. The van der Waals surface area contributed by atoms with Gasteiger partial charge in [0, 0.05) is 30.8 Å². The van der Waals surface area contributed by atoms with Crippen LogP contribution in [0.25, 0.3) is 0 Å². The smallest absolute Gasteiger partial charge is 0.308 e. The fraction of sp³-hybridized carbons (Fsp3) is 0.533. The Hall–Kier alpha value is -2.11. The fourth-order valence-corrected chi connectivity index (χ4v) is 3.29. The zero-order valence-corrected chi connectivity index (χ0v) is 11.9. The second-order valence-electron chi connectivity index (χ2n) is 5.83. The molecule has 1 aromatic rings. The molecule has 2 N–H and O–H groups in total. The van der Waals surface area contributed by atoms with Crippen molar-refractivity contribution < 1.29 is 19.5 Å². The molecule has 0 aromatic carbocycles. The van der Waals surface area contributed by atoms with E-state index < -0.39 is 11.9 Å². The van der Waals surface area contributed by atoms with Gasteiger partial charge in [-0.2, -0.15) is 0 Å². The lowest BCUT2D eigenvalue weighted by molar-refractivity contribution is -0.141. The van der Waals surface area contributed by atoms with Crippen LogP contribution in [-0.2, 0) is 11.2 Å². The van der Waals surface area contributed by atoms with Gasteiger partial charge in [-0.15, -0.1) is 0 Å². The Kier molecular flexibility index (Phi) is 3.31. The summed E-state index contributed by atoms with van der Waals surface area (Å²) in [4.78, 5) is 40.2. The van der Waals surface area contributed by atoms with Crippen LogP contribution in [0.4, 0.5) is 0 Å². The van der Waals surface area contributed by atoms with Gasteiger partial charge in [-0.1, -0.05) is 0 Å². The first-order valence-corrected chi connectivity index (χ1v) is 7.25. The van der Waals surface area contributed by atoms with Crippen LogP contribution in [0.3, 0.4) is 0 Å². The standard InChI is InChI=1S/C15H18N2O4/c1-8-12-10(3-2-4-11(12)18)16-13(8)14(19)17-6-5-9(7-17)15(20)21/h9,16H,2-7H2,1H3,(H,20,21). The summed E-state index contributed by atoms with van der Waals surface area (Å²) in [6.45, 7) is 2.48. The van der Waals surface area contributed by atoms with Gasteiger partial charge in [-0.25, -0.2) is 0 Å². The molecule has 1 amide bonds. The van der Waals surface area contributed by atoms with Crippen molar-refractivity contribution >= 4 is 17.7 Å². The minimum atomic E-state index is -0.858. The lowest BCUT2D eigenvalue weighted by atomic mass is 9.94. The van der Waals surface area contributed by atoms with Crippen LogP contribution in [0.5, 0.6) is 0 Å². The molecular formula is C15H18N2O4. The molecule has 1 saturated heterocycles. The summed E-state index contributed by atoms with van der Waals surface area (Å²) in [7, 11) is 0. The Bertz CT molecular complexity index is 632. The molecule has 21 heavy (non-hydrogen) atoms. The van der Waals surface area contributed by atoms with E-state index in [1.165, 1.54) is 0 Å². The average molecular weight is 290 g/mol. The molecule has 1 atom stereocenters. The van der Waals surface area contributed by atoms with Gasteiger partial charge in [0.05, 0.1) is 5.92 Å². The zero-order chi connectivity index (χ0) is 15.1. The topological polar surface area (TPSA) is 90.5 Å². The number of H-pyrrole nitrogens is 1. The van der Waals surface area contributed by atoms with Gasteiger partial charge in [0.2, 0.25) is 0 Å². The van der Waals surface area contributed by atoms with Crippen molar-refractivity contribution in [2.45, 2.75) is 32.6 Å². The summed E-state index contributed by atoms with van der Waals surface area (Å²) in [5.41, 5.74) is 2.67. The number of ketones is 1. The monoisotopic (exact) mass is 290 g/mol. The Morgan fingerprint density at radius 3 is 2.71 bits per heavy atom. The van der Waals surface area contributed by atoms with Gasteiger partial charge in [-0.3, -0.25) is 14.4 Å². The first-order valence-electron chi connectivity index (χ1n) is 7.25. The minimum absolute atomic E-state index is 0.0916. The number of aryl methyl sites for hydroxylation is 1. The molecule has 3 rings (SSSR count). The molecule has 1 aliphatic heterocycles. The maximum Gasteiger partial charge on any atom is 0.308 e. The number of fused-ring (bicyclic) bond motifs is 1. The van der Waals surface area contributed by atoms with Gasteiger partial charge < -0.3 is 15.0 Å². The number of aliphatic carboxylic acids is 1. The maximum absolute atomic E-state index is 12.6. The molecule has 6 heteroatoms. The summed E-state index contributed by atoms with van der Waals surface area (Å²) in [6.07, 6.45) is 2.61. The van der Waals surface area contributed by atoms with Crippen molar-refractivity contribution in [3.8, 4) is 0 Å². The molecule has 0 saturated carbocycles. The predicted molar refractivity (Wildman–Crippen MR) is 74.4 cm³/mol. The number of aromatic amines is 1. The summed E-state index contributed by atoms with van der Waals surface area (Å²) >= 11 is 0. The third-order valence-electron chi connectivity index (χ3n) is 4.48. The third kappa shape index (κ3) is 2.24. The van der Waals surface area contributed by atoms with Crippen LogP contribution in [0, 0.1) is 12.8 Å². The highest BCUT2D eigenvalue weighted by Crippen LogP contribution is 2.28. The molecule has 0 bridgehead atoms. The number of carboxylic acid groups (broad SMARTS) is 1. The molecule has 1 aromatic heterocycles. The van der Waals surface area contributed by atoms with E-state index in [1.807, 2.05) is 0 Å². The quantitative estimate of drug-likeness (QED) is 0.861. The molecule has 6 nitrogen and oxygen atoms in total. The Morgan fingerprint density at radius 2 is 2.10 bits per heavy atom. The maximum atomic E-state index is 12.6. The second kappa shape index (κ2) is 5.02. The Labute approximate surface area is 122 Å². The number of carbonyl (C=O) groups is 3. The van der Waals surface area contributed by atoms with E-state index in [9.17, 15) is 14.4 Å². The largest absolute Gasteiger partial charge is 0.481 e. The van der Waals surface area contributed by atoms with E-state index in [2.05, 4.69) is 4.98 Å².